The quantitative estimate of drug-likeness (QED) is 0.775. The van der Waals surface area contributed by atoms with Gasteiger partial charge in [0.1, 0.15) is 0 Å². The lowest BCUT2D eigenvalue weighted by Gasteiger charge is -2.28. The summed E-state index contributed by atoms with van der Waals surface area (Å²) in [4.78, 5) is 26.9. The van der Waals surface area contributed by atoms with Crippen LogP contribution in [-0.2, 0) is 9.59 Å². The van der Waals surface area contributed by atoms with Gasteiger partial charge in [0, 0.05) is 5.54 Å². The van der Waals surface area contributed by atoms with Gasteiger partial charge in [-0.1, -0.05) is 60.7 Å². The molecule has 0 fully saturated rings. The van der Waals surface area contributed by atoms with Crippen molar-refractivity contribution in [1.29, 1.82) is 0 Å². The molecule has 2 aromatic rings. The van der Waals surface area contributed by atoms with E-state index in [4.69, 9.17) is 0 Å². The summed E-state index contributed by atoms with van der Waals surface area (Å²) in [6, 6.07) is 19.1. The van der Waals surface area contributed by atoms with E-state index < -0.39 is 6.04 Å². The molecule has 150 valence electrons. The van der Waals surface area contributed by atoms with Crippen LogP contribution in [0.3, 0.4) is 0 Å². The number of carbonyl (C=O) groups excluding carboxylic acids is 2. The van der Waals surface area contributed by atoms with E-state index >= 15 is 0 Å². The molecule has 0 bridgehead atoms. The van der Waals surface area contributed by atoms with E-state index in [0.29, 0.717) is 0 Å². The molecule has 0 unspecified atom stereocenters. The Balaban J connectivity index is 2.09. The zero-order chi connectivity index (χ0) is 20.7. The first kappa shape index (κ1) is 21.6. The highest BCUT2D eigenvalue weighted by atomic mass is 16.2. The van der Waals surface area contributed by atoms with Crippen molar-refractivity contribution in [3.05, 3.63) is 71.8 Å². The molecule has 0 aromatic heterocycles. The van der Waals surface area contributed by atoms with Crippen LogP contribution in [0.4, 0.5) is 0 Å². The Hall–Kier alpha value is -2.66. The van der Waals surface area contributed by atoms with Crippen LogP contribution in [0.1, 0.15) is 44.9 Å². The van der Waals surface area contributed by atoms with E-state index in [1.54, 1.807) is 11.9 Å². The SMILES string of the molecule is C[C@@H](C(=O)NC(c1ccccc1)c1ccccc1)N(C)CC(=O)NC(C)(C)C. The smallest absolute Gasteiger partial charge is 0.237 e. The van der Waals surface area contributed by atoms with E-state index in [-0.39, 0.29) is 29.9 Å². The Bertz CT molecular complexity index is 730. The summed E-state index contributed by atoms with van der Waals surface area (Å²) in [5.41, 5.74) is 1.74. The number of amides is 2. The highest BCUT2D eigenvalue weighted by Gasteiger charge is 2.25. The summed E-state index contributed by atoms with van der Waals surface area (Å²) < 4.78 is 0. The molecule has 0 aliphatic heterocycles. The normalized spacial score (nSPS) is 12.7. The minimum atomic E-state index is -0.444. The van der Waals surface area contributed by atoms with Gasteiger partial charge < -0.3 is 10.6 Å². The van der Waals surface area contributed by atoms with Gasteiger partial charge in [0.2, 0.25) is 11.8 Å². The third-order valence-corrected chi connectivity index (χ3v) is 4.50. The van der Waals surface area contributed by atoms with Gasteiger partial charge in [0.05, 0.1) is 18.6 Å². The zero-order valence-corrected chi connectivity index (χ0v) is 17.4. The van der Waals surface area contributed by atoms with Crippen LogP contribution < -0.4 is 10.6 Å². The van der Waals surface area contributed by atoms with Crippen molar-refractivity contribution >= 4 is 11.8 Å². The van der Waals surface area contributed by atoms with Gasteiger partial charge in [0.25, 0.3) is 0 Å². The first-order valence-corrected chi connectivity index (χ1v) is 9.59. The fraction of sp³-hybridized carbons (Fsp3) is 0.391. The van der Waals surface area contributed by atoms with Crippen molar-refractivity contribution in [2.24, 2.45) is 0 Å². The van der Waals surface area contributed by atoms with Gasteiger partial charge in [-0.05, 0) is 45.9 Å². The van der Waals surface area contributed by atoms with Crippen molar-refractivity contribution in [2.75, 3.05) is 13.6 Å². The molecule has 28 heavy (non-hydrogen) atoms. The first-order valence-electron chi connectivity index (χ1n) is 9.59. The van der Waals surface area contributed by atoms with Crippen LogP contribution in [0.25, 0.3) is 0 Å². The Kier molecular flexibility index (Phi) is 7.35. The third-order valence-electron chi connectivity index (χ3n) is 4.50. The molecule has 2 rings (SSSR count). The van der Waals surface area contributed by atoms with Gasteiger partial charge in [-0.25, -0.2) is 0 Å². The maximum Gasteiger partial charge on any atom is 0.237 e. The van der Waals surface area contributed by atoms with E-state index in [2.05, 4.69) is 10.6 Å². The van der Waals surface area contributed by atoms with E-state index in [0.717, 1.165) is 11.1 Å². The lowest BCUT2D eigenvalue weighted by molar-refractivity contribution is -0.128. The van der Waals surface area contributed by atoms with Crippen molar-refractivity contribution in [1.82, 2.24) is 15.5 Å². The Morgan fingerprint density at radius 1 is 0.929 bits per heavy atom. The van der Waals surface area contributed by atoms with Crippen LogP contribution in [0, 0.1) is 0 Å². The van der Waals surface area contributed by atoms with E-state index in [1.165, 1.54) is 0 Å². The molecular formula is C23H31N3O2. The fourth-order valence-corrected chi connectivity index (χ4v) is 2.93. The predicted molar refractivity (Wildman–Crippen MR) is 113 cm³/mol. The van der Waals surface area contributed by atoms with Crippen LogP contribution in [0.5, 0.6) is 0 Å². The Morgan fingerprint density at radius 3 is 1.82 bits per heavy atom. The highest BCUT2D eigenvalue weighted by Crippen LogP contribution is 2.22. The number of hydrogen-bond acceptors (Lipinski definition) is 3. The number of carbonyl (C=O) groups is 2. The zero-order valence-electron chi connectivity index (χ0n) is 17.4. The van der Waals surface area contributed by atoms with Crippen molar-refractivity contribution in [3.8, 4) is 0 Å². The van der Waals surface area contributed by atoms with E-state index in [9.17, 15) is 9.59 Å². The molecule has 2 aromatic carbocycles. The minimum Gasteiger partial charge on any atom is -0.350 e. The average molecular weight is 382 g/mol. The standard InChI is InChI=1S/C23H31N3O2/c1-17(26(5)16-20(27)25-23(2,3)4)22(28)24-21(18-12-8-6-9-13-18)19-14-10-7-11-15-19/h6-15,17,21H,16H2,1-5H3,(H,24,28)(H,25,27)/t17-/m0/s1. The van der Waals surface area contributed by atoms with Crippen LogP contribution >= 0.6 is 0 Å². The number of benzene rings is 2. The highest BCUT2D eigenvalue weighted by molar-refractivity contribution is 5.84. The maximum atomic E-state index is 12.9. The first-order chi connectivity index (χ1) is 13.2. The molecule has 1 atom stereocenters. The molecule has 5 nitrogen and oxygen atoms in total. The lowest BCUT2D eigenvalue weighted by Crippen LogP contribution is -2.50. The van der Waals surface area contributed by atoms with Gasteiger partial charge >= 0.3 is 0 Å². The molecule has 5 heteroatoms. The number of rotatable bonds is 7. The molecule has 0 aliphatic rings. The summed E-state index contributed by atoms with van der Waals surface area (Å²) in [5.74, 6) is -0.221. The molecule has 0 saturated heterocycles. The Labute approximate surface area is 168 Å². The maximum absolute atomic E-state index is 12.9. The largest absolute Gasteiger partial charge is 0.350 e. The van der Waals surface area contributed by atoms with Crippen LogP contribution in [0.2, 0.25) is 0 Å². The monoisotopic (exact) mass is 381 g/mol. The second kappa shape index (κ2) is 9.51. The fourth-order valence-electron chi connectivity index (χ4n) is 2.93. The van der Waals surface area contributed by atoms with Crippen LogP contribution in [0.15, 0.2) is 60.7 Å². The summed E-state index contributed by atoms with van der Waals surface area (Å²) in [7, 11) is 1.78. The predicted octanol–water partition coefficient (Wildman–Crippen LogP) is 3.13. The number of likely N-dealkylation sites (N-methyl/N-ethyl adjacent to an activating group) is 1. The summed E-state index contributed by atoms with van der Waals surface area (Å²) >= 11 is 0. The van der Waals surface area contributed by atoms with Crippen LogP contribution in [-0.4, -0.2) is 41.9 Å². The Morgan fingerprint density at radius 2 is 1.39 bits per heavy atom. The van der Waals surface area contributed by atoms with Gasteiger partial charge in [-0.15, -0.1) is 0 Å². The van der Waals surface area contributed by atoms with Crippen molar-refractivity contribution in [3.63, 3.8) is 0 Å². The third kappa shape index (κ3) is 6.50. The molecule has 0 saturated carbocycles. The van der Waals surface area contributed by atoms with Crippen molar-refractivity contribution < 1.29 is 9.59 Å². The number of hydrogen-bond donors (Lipinski definition) is 2. The molecule has 0 spiro atoms. The van der Waals surface area contributed by atoms with Gasteiger partial charge in [-0.2, -0.15) is 0 Å². The number of nitrogens with zero attached hydrogens (tertiary/aromatic N) is 1. The number of nitrogens with one attached hydrogen (secondary N) is 2. The molecular weight excluding hydrogens is 350 g/mol. The molecule has 2 amide bonds. The van der Waals surface area contributed by atoms with E-state index in [1.807, 2.05) is 88.4 Å². The summed E-state index contributed by atoms with van der Waals surface area (Å²) in [5, 5.41) is 6.06. The molecule has 0 radical (unpaired) electrons. The second-order valence-electron chi connectivity index (χ2n) is 8.15. The molecule has 2 N–H and O–H groups in total. The molecule has 0 aliphatic carbocycles. The summed E-state index contributed by atoms with van der Waals surface area (Å²) in [6.45, 7) is 7.78. The lowest BCUT2D eigenvalue weighted by atomic mass is 9.98. The second-order valence-corrected chi connectivity index (χ2v) is 8.15. The topological polar surface area (TPSA) is 61.4 Å². The minimum absolute atomic E-state index is 0.0997. The van der Waals surface area contributed by atoms with Gasteiger partial charge in [-0.3, -0.25) is 14.5 Å². The average Bonchev–Trinajstić information content (AvgIpc) is 2.65. The molecule has 0 heterocycles. The summed E-state index contributed by atoms with van der Waals surface area (Å²) in [6.07, 6.45) is 0. The van der Waals surface area contributed by atoms with Crippen molar-refractivity contribution in [2.45, 2.75) is 45.3 Å². The van der Waals surface area contributed by atoms with Gasteiger partial charge in [0.15, 0.2) is 0 Å².